The summed E-state index contributed by atoms with van der Waals surface area (Å²) >= 11 is 6.58. The monoisotopic (exact) mass is 864 g/mol. The Bertz CT molecular complexity index is 474. The van der Waals surface area contributed by atoms with E-state index in [1.54, 1.807) is 0 Å². The van der Waals surface area contributed by atoms with Crippen LogP contribution < -0.4 is 0 Å². The molecule has 304 valence electrons. The van der Waals surface area contributed by atoms with Crippen LogP contribution in [0, 0.1) is 0 Å². The summed E-state index contributed by atoms with van der Waals surface area (Å²) in [6.45, 7) is 15.1. The van der Waals surface area contributed by atoms with Gasteiger partial charge in [0.05, 0.1) is 198 Å². The number of aliphatic hydroxyl groups is 2. The molecular formula is C32H66Br2O16. The largest absolute Gasteiger partial charge is 0.394 e. The second-order valence-corrected chi connectivity index (χ2v) is 11.0. The molecule has 0 amide bonds. The van der Waals surface area contributed by atoms with Crippen molar-refractivity contribution in [1.82, 2.24) is 0 Å². The molecule has 0 fully saturated rings. The topological polar surface area (TPSA) is 170 Å². The van der Waals surface area contributed by atoms with E-state index in [2.05, 4.69) is 31.9 Å². The van der Waals surface area contributed by atoms with Crippen molar-refractivity contribution in [2.75, 3.05) is 209 Å². The molecule has 0 aromatic heterocycles. The number of rotatable bonds is 44. The first-order chi connectivity index (χ1) is 24.8. The van der Waals surface area contributed by atoms with Gasteiger partial charge in [-0.05, 0) is 0 Å². The van der Waals surface area contributed by atoms with Gasteiger partial charge in [-0.2, -0.15) is 0 Å². The Morgan fingerprint density at radius 2 is 0.320 bits per heavy atom. The Hall–Kier alpha value is 0.320. The van der Waals surface area contributed by atoms with E-state index in [1.165, 1.54) is 0 Å². The Morgan fingerprint density at radius 3 is 0.440 bits per heavy atom. The summed E-state index contributed by atoms with van der Waals surface area (Å²) in [5.41, 5.74) is 0. The molecule has 0 aliphatic rings. The predicted molar refractivity (Wildman–Crippen MR) is 193 cm³/mol. The van der Waals surface area contributed by atoms with E-state index >= 15 is 0 Å². The van der Waals surface area contributed by atoms with Gasteiger partial charge >= 0.3 is 0 Å². The van der Waals surface area contributed by atoms with Crippen LogP contribution >= 0.6 is 31.9 Å². The molecule has 2 N–H and O–H groups in total. The summed E-state index contributed by atoms with van der Waals surface area (Å²) in [5, 5.41) is 18.7. The van der Waals surface area contributed by atoms with E-state index in [9.17, 15) is 0 Å². The average molecular weight is 867 g/mol. The molecular weight excluding hydrogens is 800 g/mol. The number of ether oxygens (including phenoxy) is 14. The molecule has 0 saturated carbocycles. The second-order valence-electron chi connectivity index (χ2n) is 9.40. The van der Waals surface area contributed by atoms with Crippen LogP contribution in [0.15, 0.2) is 0 Å². The van der Waals surface area contributed by atoms with Crippen molar-refractivity contribution in [1.29, 1.82) is 0 Å². The van der Waals surface area contributed by atoms with Crippen LogP contribution in [-0.4, -0.2) is 219 Å². The lowest BCUT2D eigenvalue weighted by Crippen LogP contribution is -2.14. The highest BCUT2D eigenvalue weighted by atomic mass is 79.9. The zero-order chi connectivity index (χ0) is 36.5. The van der Waals surface area contributed by atoms with Gasteiger partial charge in [-0.25, -0.2) is 0 Å². The van der Waals surface area contributed by atoms with Crippen LogP contribution in [0.4, 0.5) is 0 Å². The molecule has 0 radical (unpaired) electrons. The predicted octanol–water partition coefficient (Wildman–Crippen LogP) is 0.980. The average Bonchev–Trinajstić information content (AvgIpc) is 3.13. The number of halogens is 2. The smallest absolute Gasteiger partial charge is 0.0701 e. The van der Waals surface area contributed by atoms with E-state index in [-0.39, 0.29) is 13.2 Å². The number of aliphatic hydroxyl groups excluding tert-OH is 2. The highest BCUT2D eigenvalue weighted by Crippen LogP contribution is 1.88. The highest BCUT2D eigenvalue weighted by molar-refractivity contribution is 9.09. The summed E-state index contributed by atoms with van der Waals surface area (Å²) in [4.78, 5) is 0. The molecule has 0 aliphatic carbocycles. The SMILES string of the molecule is BrCCOCCOCCOCCOCCOCCOCCOCCBr.OCCOCCOCCOCCOCCOCCOCCOCCO. The molecule has 0 spiro atoms. The first kappa shape index (κ1) is 52.4. The molecule has 0 unspecified atom stereocenters. The quantitative estimate of drug-likeness (QED) is 0.0656. The third-order valence-electron chi connectivity index (χ3n) is 5.38. The fourth-order valence-corrected chi connectivity index (χ4v) is 3.54. The number of hydrogen-bond donors (Lipinski definition) is 2. The first-order valence-electron chi connectivity index (χ1n) is 17.2. The van der Waals surface area contributed by atoms with E-state index in [0.29, 0.717) is 185 Å². The van der Waals surface area contributed by atoms with Crippen molar-refractivity contribution >= 4 is 31.9 Å². The third kappa shape index (κ3) is 55.1. The lowest BCUT2D eigenvalue weighted by atomic mass is 10.6. The zero-order valence-corrected chi connectivity index (χ0v) is 33.2. The number of alkyl halides is 2. The minimum atomic E-state index is 0.0312. The van der Waals surface area contributed by atoms with Gasteiger partial charge in [0.1, 0.15) is 0 Å². The van der Waals surface area contributed by atoms with Crippen LogP contribution in [-0.2, 0) is 66.3 Å². The number of hydrogen-bond acceptors (Lipinski definition) is 16. The molecule has 16 nitrogen and oxygen atoms in total. The van der Waals surface area contributed by atoms with Crippen molar-refractivity contribution in [2.45, 2.75) is 0 Å². The summed E-state index contributed by atoms with van der Waals surface area (Å²) in [5.74, 6) is 0. The summed E-state index contributed by atoms with van der Waals surface area (Å²) in [7, 11) is 0. The van der Waals surface area contributed by atoms with Gasteiger partial charge in [0.25, 0.3) is 0 Å². The van der Waals surface area contributed by atoms with E-state index < -0.39 is 0 Å². The maximum Gasteiger partial charge on any atom is 0.0701 e. The van der Waals surface area contributed by atoms with E-state index in [1.807, 2.05) is 0 Å². The molecule has 0 saturated heterocycles. The summed E-state index contributed by atoms with van der Waals surface area (Å²) < 4.78 is 74.1. The standard InChI is InChI=1S/C16H32Br2O7.C16H34O9/c2*17-1-3-19-5-7-21-9-11-23-13-15-25-16-14-24-12-10-22-8-6-20-4-2-18/h1-16H2;17-18H,1-16H2. The van der Waals surface area contributed by atoms with Crippen LogP contribution in [0.2, 0.25) is 0 Å². The Balaban J connectivity index is 0. The molecule has 0 rings (SSSR count). The summed E-state index contributed by atoms with van der Waals surface area (Å²) in [6.07, 6.45) is 0. The van der Waals surface area contributed by atoms with E-state index in [4.69, 9.17) is 76.5 Å². The minimum absolute atomic E-state index is 0.0312. The van der Waals surface area contributed by atoms with Gasteiger partial charge in [-0.15, -0.1) is 0 Å². The van der Waals surface area contributed by atoms with Gasteiger partial charge in [-0.1, -0.05) is 31.9 Å². The minimum Gasteiger partial charge on any atom is -0.394 e. The van der Waals surface area contributed by atoms with Crippen molar-refractivity contribution in [3.05, 3.63) is 0 Å². The lowest BCUT2D eigenvalue weighted by molar-refractivity contribution is -0.0223. The third-order valence-corrected chi connectivity index (χ3v) is 6.03. The maximum absolute atomic E-state index is 8.50. The highest BCUT2D eigenvalue weighted by Gasteiger charge is 1.96. The Labute approximate surface area is 316 Å². The van der Waals surface area contributed by atoms with Crippen LogP contribution in [0.25, 0.3) is 0 Å². The lowest BCUT2D eigenvalue weighted by Gasteiger charge is -2.08. The molecule has 0 bridgehead atoms. The first-order valence-corrected chi connectivity index (χ1v) is 19.5. The fraction of sp³-hybridized carbons (Fsp3) is 1.00. The molecule has 50 heavy (non-hydrogen) atoms. The molecule has 0 heterocycles. The van der Waals surface area contributed by atoms with Gasteiger partial charge in [-0.3, -0.25) is 0 Å². The molecule has 0 atom stereocenters. The maximum atomic E-state index is 8.50. The van der Waals surface area contributed by atoms with Crippen molar-refractivity contribution < 1.29 is 76.5 Å². The van der Waals surface area contributed by atoms with Gasteiger partial charge < -0.3 is 76.5 Å². The summed E-state index contributed by atoms with van der Waals surface area (Å²) in [6, 6.07) is 0. The van der Waals surface area contributed by atoms with Gasteiger partial charge in [0.15, 0.2) is 0 Å². The molecule has 18 heteroatoms. The molecule has 0 aromatic rings. The van der Waals surface area contributed by atoms with Crippen LogP contribution in [0.1, 0.15) is 0 Å². The van der Waals surface area contributed by atoms with E-state index in [0.717, 1.165) is 10.7 Å². The van der Waals surface area contributed by atoms with Crippen molar-refractivity contribution in [3.63, 3.8) is 0 Å². The molecule has 0 aromatic carbocycles. The fourth-order valence-electron chi connectivity index (χ4n) is 3.08. The van der Waals surface area contributed by atoms with Gasteiger partial charge in [0, 0.05) is 10.7 Å². The normalized spacial score (nSPS) is 11.3. The van der Waals surface area contributed by atoms with Gasteiger partial charge in [0.2, 0.25) is 0 Å². The van der Waals surface area contributed by atoms with Crippen LogP contribution in [0.5, 0.6) is 0 Å². The Kier molecular flexibility index (Phi) is 56.3. The van der Waals surface area contributed by atoms with Crippen molar-refractivity contribution in [2.24, 2.45) is 0 Å². The van der Waals surface area contributed by atoms with Crippen molar-refractivity contribution in [3.8, 4) is 0 Å². The molecule has 0 aliphatic heterocycles. The van der Waals surface area contributed by atoms with Crippen LogP contribution in [0.3, 0.4) is 0 Å². The second kappa shape index (κ2) is 53.7. The zero-order valence-electron chi connectivity index (χ0n) is 30.0. The Morgan fingerprint density at radius 1 is 0.200 bits per heavy atom.